The standard InChI is InChI=1S/C21H18FN3/c1-14-13-17(6-8-19(14)22)15(2)18(7-5-16-3-4-16)20-9-10-21-23-11-12-25(21)24-20/h3-13,16H,1-2H3/b7-5-,18-15-. The zero-order chi connectivity index (χ0) is 17.4. The first-order valence-electron chi connectivity index (χ1n) is 8.26. The maximum atomic E-state index is 13.6. The number of fused-ring (bicyclic) bond motifs is 1. The molecule has 4 heteroatoms. The number of rotatable bonds is 4. The van der Waals surface area contributed by atoms with Gasteiger partial charge in [-0.2, -0.15) is 5.10 Å². The third-order valence-corrected chi connectivity index (χ3v) is 4.43. The average Bonchev–Trinajstić information content (AvgIpc) is 3.32. The molecule has 0 fully saturated rings. The average molecular weight is 331 g/mol. The smallest absolute Gasteiger partial charge is 0.153 e. The Balaban J connectivity index is 1.84. The highest BCUT2D eigenvalue weighted by molar-refractivity contribution is 5.93. The molecule has 2 heterocycles. The van der Waals surface area contributed by atoms with Crippen molar-refractivity contribution in [1.82, 2.24) is 14.6 Å². The molecule has 0 unspecified atom stereocenters. The minimum atomic E-state index is -0.186. The summed E-state index contributed by atoms with van der Waals surface area (Å²) < 4.78 is 15.4. The molecule has 0 saturated carbocycles. The van der Waals surface area contributed by atoms with Gasteiger partial charge < -0.3 is 0 Å². The molecule has 0 N–H and O–H groups in total. The van der Waals surface area contributed by atoms with Gasteiger partial charge in [-0.25, -0.2) is 13.9 Å². The molecule has 0 saturated heterocycles. The fourth-order valence-electron chi connectivity index (χ4n) is 2.79. The number of hydrogen-bond donors (Lipinski definition) is 0. The summed E-state index contributed by atoms with van der Waals surface area (Å²) in [5.41, 5.74) is 5.40. The number of imidazole rings is 1. The number of aromatic nitrogens is 3. The topological polar surface area (TPSA) is 30.2 Å². The van der Waals surface area contributed by atoms with Gasteiger partial charge in [-0.15, -0.1) is 0 Å². The minimum absolute atomic E-state index is 0.186. The first-order chi connectivity index (χ1) is 12.1. The summed E-state index contributed by atoms with van der Waals surface area (Å²) in [6, 6.07) is 9.14. The van der Waals surface area contributed by atoms with Crippen LogP contribution in [-0.4, -0.2) is 14.6 Å². The quantitative estimate of drug-likeness (QED) is 0.505. The van der Waals surface area contributed by atoms with Crippen molar-refractivity contribution < 1.29 is 4.39 Å². The van der Waals surface area contributed by atoms with Crippen LogP contribution in [0.25, 0.3) is 16.8 Å². The Morgan fingerprint density at radius 3 is 2.80 bits per heavy atom. The van der Waals surface area contributed by atoms with E-state index in [4.69, 9.17) is 0 Å². The van der Waals surface area contributed by atoms with Crippen molar-refractivity contribution >= 4 is 16.8 Å². The lowest BCUT2D eigenvalue weighted by Crippen LogP contribution is -1.98. The monoisotopic (exact) mass is 331 g/mol. The van der Waals surface area contributed by atoms with E-state index in [-0.39, 0.29) is 5.82 Å². The molecule has 0 spiro atoms. The molecule has 0 amide bonds. The molecule has 1 aliphatic carbocycles. The number of aryl methyl sites for hydroxylation is 1. The fraction of sp³-hybridized carbons (Fsp3) is 0.143. The highest BCUT2D eigenvalue weighted by Crippen LogP contribution is 2.29. The van der Waals surface area contributed by atoms with E-state index in [9.17, 15) is 4.39 Å². The molecule has 0 aliphatic heterocycles. The summed E-state index contributed by atoms with van der Waals surface area (Å²) in [5.74, 6) is 0.239. The van der Waals surface area contributed by atoms with E-state index in [2.05, 4.69) is 34.4 Å². The SMILES string of the molecule is C/C(=C(\C=C/C1C=C1)c1ccc2nccn2n1)c1ccc(F)c(C)c1. The molecule has 3 aromatic rings. The Hall–Kier alpha value is -3.01. The lowest BCUT2D eigenvalue weighted by atomic mass is 9.97. The predicted molar refractivity (Wildman–Crippen MR) is 98.4 cm³/mol. The van der Waals surface area contributed by atoms with Crippen molar-refractivity contribution in [2.45, 2.75) is 13.8 Å². The summed E-state index contributed by atoms with van der Waals surface area (Å²) in [7, 11) is 0. The third kappa shape index (κ3) is 3.15. The molecule has 1 aliphatic rings. The Morgan fingerprint density at radius 2 is 2.04 bits per heavy atom. The summed E-state index contributed by atoms with van der Waals surface area (Å²) in [4.78, 5) is 4.24. The van der Waals surface area contributed by atoms with Crippen LogP contribution in [0.2, 0.25) is 0 Å². The molecular formula is C21H18FN3. The van der Waals surface area contributed by atoms with Crippen LogP contribution in [-0.2, 0) is 0 Å². The van der Waals surface area contributed by atoms with Crippen molar-refractivity contribution in [2.75, 3.05) is 0 Å². The minimum Gasteiger partial charge on any atom is -0.236 e. The molecule has 0 radical (unpaired) electrons. The lowest BCUT2D eigenvalue weighted by Gasteiger charge is -2.11. The number of allylic oxidation sites excluding steroid dienone is 6. The number of hydrogen-bond acceptors (Lipinski definition) is 2. The van der Waals surface area contributed by atoms with Crippen molar-refractivity contribution in [3.8, 4) is 0 Å². The van der Waals surface area contributed by atoms with Crippen molar-refractivity contribution in [3.63, 3.8) is 0 Å². The summed E-state index contributed by atoms with van der Waals surface area (Å²) >= 11 is 0. The molecule has 0 atom stereocenters. The van der Waals surface area contributed by atoms with Gasteiger partial charge in [0, 0.05) is 23.9 Å². The van der Waals surface area contributed by atoms with Gasteiger partial charge in [0.15, 0.2) is 5.65 Å². The molecule has 25 heavy (non-hydrogen) atoms. The normalized spacial score (nSPS) is 15.2. The fourth-order valence-corrected chi connectivity index (χ4v) is 2.79. The van der Waals surface area contributed by atoms with Crippen LogP contribution in [0.5, 0.6) is 0 Å². The first kappa shape index (κ1) is 15.5. The second-order valence-corrected chi connectivity index (χ2v) is 6.27. The molecule has 124 valence electrons. The Labute approximate surface area is 145 Å². The Bertz CT molecular complexity index is 1030. The van der Waals surface area contributed by atoms with Gasteiger partial charge in [-0.1, -0.05) is 30.4 Å². The van der Waals surface area contributed by atoms with Gasteiger partial charge in [-0.05, 0) is 54.8 Å². The van der Waals surface area contributed by atoms with E-state index in [1.807, 2.05) is 37.4 Å². The van der Waals surface area contributed by atoms with Gasteiger partial charge in [0.05, 0.1) is 5.69 Å². The highest BCUT2D eigenvalue weighted by Gasteiger charge is 2.12. The van der Waals surface area contributed by atoms with Crippen molar-refractivity contribution in [1.29, 1.82) is 0 Å². The zero-order valence-corrected chi connectivity index (χ0v) is 14.1. The Morgan fingerprint density at radius 1 is 1.20 bits per heavy atom. The first-order valence-corrected chi connectivity index (χ1v) is 8.26. The van der Waals surface area contributed by atoms with Crippen LogP contribution in [0.1, 0.15) is 23.7 Å². The number of nitrogens with zero attached hydrogens (tertiary/aromatic N) is 3. The van der Waals surface area contributed by atoms with Crippen molar-refractivity contribution in [3.05, 3.63) is 89.7 Å². The van der Waals surface area contributed by atoms with Crippen LogP contribution in [0.3, 0.4) is 0 Å². The van der Waals surface area contributed by atoms with Crippen molar-refractivity contribution in [2.24, 2.45) is 5.92 Å². The van der Waals surface area contributed by atoms with Gasteiger partial charge >= 0.3 is 0 Å². The van der Waals surface area contributed by atoms with Gasteiger partial charge in [-0.3, -0.25) is 0 Å². The van der Waals surface area contributed by atoms with E-state index >= 15 is 0 Å². The largest absolute Gasteiger partial charge is 0.236 e. The third-order valence-electron chi connectivity index (χ3n) is 4.43. The Kier molecular flexibility index (Phi) is 3.80. The lowest BCUT2D eigenvalue weighted by molar-refractivity contribution is 0.618. The molecule has 1 aromatic carbocycles. The molecule has 2 aromatic heterocycles. The molecular weight excluding hydrogens is 313 g/mol. The molecule has 0 bridgehead atoms. The second kappa shape index (κ2) is 6.13. The summed E-state index contributed by atoms with van der Waals surface area (Å²) in [6.07, 6.45) is 12.1. The number of halogens is 1. The van der Waals surface area contributed by atoms with Crippen LogP contribution in [0, 0.1) is 18.7 Å². The predicted octanol–water partition coefficient (Wildman–Crippen LogP) is 4.85. The van der Waals surface area contributed by atoms with E-state index in [1.165, 1.54) is 6.07 Å². The summed E-state index contributed by atoms with van der Waals surface area (Å²) in [6.45, 7) is 3.83. The summed E-state index contributed by atoms with van der Waals surface area (Å²) in [5, 5.41) is 4.67. The zero-order valence-electron chi connectivity index (χ0n) is 14.1. The second-order valence-electron chi connectivity index (χ2n) is 6.27. The van der Waals surface area contributed by atoms with E-state index in [0.717, 1.165) is 28.1 Å². The van der Waals surface area contributed by atoms with E-state index in [0.29, 0.717) is 11.5 Å². The maximum Gasteiger partial charge on any atom is 0.153 e. The van der Waals surface area contributed by atoms with Crippen LogP contribution in [0.4, 0.5) is 4.39 Å². The van der Waals surface area contributed by atoms with Crippen LogP contribution < -0.4 is 0 Å². The van der Waals surface area contributed by atoms with Crippen LogP contribution in [0.15, 0.2) is 67.0 Å². The van der Waals surface area contributed by atoms with Gasteiger partial charge in [0.25, 0.3) is 0 Å². The van der Waals surface area contributed by atoms with Crippen LogP contribution >= 0.6 is 0 Å². The maximum absolute atomic E-state index is 13.6. The molecule has 3 nitrogen and oxygen atoms in total. The van der Waals surface area contributed by atoms with Gasteiger partial charge in [0.1, 0.15) is 5.82 Å². The van der Waals surface area contributed by atoms with Gasteiger partial charge in [0.2, 0.25) is 0 Å². The highest BCUT2D eigenvalue weighted by atomic mass is 19.1. The number of benzene rings is 1. The van der Waals surface area contributed by atoms with E-state index < -0.39 is 0 Å². The molecule has 4 rings (SSSR count). The van der Waals surface area contributed by atoms with E-state index in [1.54, 1.807) is 17.6 Å².